The molecule has 0 N–H and O–H groups in total. The van der Waals surface area contributed by atoms with Crippen molar-refractivity contribution < 1.29 is 19.1 Å². The van der Waals surface area contributed by atoms with Crippen LogP contribution in [0.15, 0.2) is 82.6 Å². The smallest absolute Gasteiger partial charge is 0.308 e. The number of rotatable bonds is 4. The van der Waals surface area contributed by atoms with Gasteiger partial charge in [0.05, 0.1) is 9.79 Å². The van der Waals surface area contributed by atoms with E-state index in [9.17, 15) is 9.59 Å². The number of ether oxygens (including phenoxy) is 2. The third-order valence-corrected chi connectivity index (χ3v) is 5.65. The monoisotopic (exact) mass is 402 g/mol. The van der Waals surface area contributed by atoms with E-state index in [1.165, 1.54) is 25.6 Å². The first kappa shape index (κ1) is 19.0. The third-order valence-electron chi connectivity index (χ3n) is 4.40. The minimum Gasteiger partial charge on any atom is -0.425 e. The molecule has 4 aromatic rings. The summed E-state index contributed by atoms with van der Waals surface area (Å²) in [6.45, 7) is 2.76. The van der Waals surface area contributed by atoms with Gasteiger partial charge in [-0.1, -0.05) is 72.4 Å². The minimum absolute atomic E-state index is 0.389. The maximum Gasteiger partial charge on any atom is 0.308 e. The van der Waals surface area contributed by atoms with Crippen LogP contribution in [0.1, 0.15) is 13.8 Å². The lowest BCUT2D eigenvalue weighted by Crippen LogP contribution is -2.04. The summed E-state index contributed by atoms with van der Waals surface area (Å²) < 4.78 is 11.0. The van der Waals surface area contributed by atoms with Crippen LogP contribution < -0.4 is 9.47 Å². The lowest BCUT2D eigenvalue weighted by atomic mass is 10.1. The van der Waals surface area contributed by atoms with Crippen LogP contribution >= 0.6 is 11.8 Å². The third kappa shape index (κ3) is 3.96. The quantitative estimate of drug-likeness (QED) is 0.310. The van der Waals surface area contributed by atoms with E-state index in [1.807, 2.05) is 60.7 Å². The molecule has 5 heteroatoms. The van der Waals surface area contributed by atoms with Crippen molar-refractivity contribution in [3.63, 3.8) is 0 Å². The summed E-state index contributed by atoms with van der Waals surface area (Å²) in [4.78, 5) is 24.9. The Labute approximate surface area is 172 Å². The first-order valence-corrected chi connectivity index (χ1v) is 9.93. The molecule has 144 valence electrons. The topological polar surface area (TPSA) is 52.6 Å². The first-order valence-electron chi connectivity index (χ1n) is 9.11. The van der Waals surface area contributed by atoms with Gasteiger partial charge in [0, 0.05) is 13.8 Å². The maximum atomic E-state index is 11.7. The SMILES string of the molecule is CC(=O)Oc1ccc2ccccc2c1Sc1c(OC(C)=O)ccc2ccccc12. The van der Waals surface area contributed by atoms with Gasteiger partial charge in [-0.3, -0.25) is 9.59 Å². The van der Waals surface area contributed by atoms with Crippen LogP contribution in [0.25, 0.3) is 21.5 Å². The number of carbonyl (C=O) groups is 2. The highest BCUT2D eigenvalue weighted by atomic mass is 32.2. The van der Waals surface area contributed by atoms with Gasteiger partial charge in [0.25, 0.3) is 0 Å². The predicted molar refractivity (Wildman–Crippen MR) is 115 cm³/mol. The Morgan fingerprint density at radius 1 is 0.621 bits per heavy atom. The van der Waals surface area contributed by atoms with Crippen molar-refractivity contribution in [2.24, 2.45) is 0 Å². The molecule has 29 heavy (non-hydrogen) atoms. The van der Waals surface area contributed by atoms with E-state index >= 15 is 0 Å². The highest BCUT2D eigenvalue weighted by molar-refractivity contribution is 8.00. The molecule has 0 heterocycles. The Kier molecular flexibility index (Phi) is 5.23. The minimum atomic E-state index is -0.389. The van der Waals surface area contributed by atoms with E-state index in [2.05, 4.69) is 0 Å². The average molecular weight is 402 g/mol. The zero-order valence-electron chi connectivity index (χ0n) is 16.0. The Morgan fingerprint density at radius 3 is 1.45 bits per heavy atom. The molecule has 0 spiro atoms. The summed E-state index contributed by atoms with van der Waals surface area (Å²) in [6, 6.07) is 23.2. The molecule has 0 unspecified atom stereocenters. The Morgan fingerprint density at radius 2 is 1.03 bits per heavy atom. The van der Waals surface area contributed by atoms with Gasteiger partial charge >= 0.3 is 11.9 Å². The molecule has 0 saturated carbocycles. The van der Waals surface area contributed by atoms with Crippen LogP contribution in [0.4, 0.5) is 0 Å². The molecule has 0 bridgehead atoms. The fraction of sp³-hybridized carbons (Fsp3) is 0.0833. The summed E-state index contributed by atoms with van der Waals surface area (Å²) in [5.41, 5.74) is 0. The van der Waals surface area contributed by atoms with E-state index in [1.54, 1.807) is 12.1 Å². The molecule has 0 fully saturated rings. The molecule has 0 aliphatic carbocycles. The van der Waals surface area contributed by atoms with Crippen LogP contribution in [-0.2, 0) is 9.59 Å². The standard InChI is InChI=1S/C24H18O4S/c1-15(25)27-21-13-11-17-7-3-5-9-19(17)23(21)29-24-20-10-6-4-8-18(20)12-14-22(24)28-16(2)26/h3-14H,1-2H3. The van der Waals surface area contributed by atoms with E-state index in [4.69, 9.17) is 9.47 Å². The number of fused-ring (bicyclic) bond motifs is 2. The molecule has 0 atom stereocenters. The maximum absolute atomic E-state index is 11.7. The summed E-state index contributed by atoms with van der Waals surface area (Å²) in [5, 5.41) is 3.97. The highest BCUT2D eigenvalue weighted by Gasteiger charge is 2.18. The van der Waals surface area contributed by atoms with Crippen molar-refractivity contribution in [3.8, 4) is 11.5 Å². The highest BCUT2D eigenvalue weighted by Crippen LogP contribution is 2.46. The molecule has 0 aliphatic heterocycles. The van der Waals surface area contributed by atoms with E-state index in [0.29, 0.717) is 11.5 Å². The fourth-order valence-corrected chi connectivity index (χ4v) is 4.45. The molecular weight excluding hydrogens is 384 g/mol. The van der Waals surface area contributed by atoms with Crippen LogP contribution in [0.5, 0.6) is 11.5 Å². The van der Waals surface area contributed by atoms with Gasteiger partial charge in [-0.2, -0.15) is 0 Å². The normalized spacial score (nSPS) is 10.8. The molecule has 4 aromatic carbocycles. The molecule has 0 amide bonds. The van der Waals surface area contributed by atoms with Gasteiger partial charge in [-0.25, -0.2) is 0 Å². The van der Waals surface area contributed by atoms with Crippen molar-refractivity contribution in [1.29, 1.82) is 0 Å². The zero-order valence-corrected chi connectivity index (χ0v) is 16.8. The number of benzene rings is 4. The Balaban J connectivity index is 1.96. The largest absolute Gasteiger partial charge is 0.425 e. The summed E-state index contributed by atoms with van der Waals surface area (Å²) in [5.74, 6) is 0.173. The van der Waals surface area contributed by atoms with Crippen LogP contribution in [-0.4, -0.2) is 11.9 Å². The Bertz CT molecular complexity index is 1150. The molecule has 0 radical (unpaired) electrons. The van der Waals surface area contributed by atoms with Crippen molar-refractivity contribution in [2.75, 3.05) is 0 Å². The van der Waals surface area contributed by atoms with Crippen molar-refractivity contribution in [1.82, 2.24) is 0 Å². The van der Waals surface area contributed by atoms with Crippen LogP contribution in [0, 0.1) is 0 Å². The summed E-state index contributed by atoms with van der Waals surface area (Å²) in [7, 11) is 0. The average Bonchev–Trinajstić information content (AvgIpc) is 2.70. The van der Waals surface area contributed by atoms with Crippen molar-refractivity contribution >= 4 is 45.2 Å². The van der Waals surface area contributed by atoms with E-state index < -0.39 is 0 Å². The van der Waals surface area contributed by atoms with Crippen LogP contribution in [0.2, 0.25) is 0 Å². The second kappa shape index (κ2) is 7.97. The number of hydrogen-bond acceptors (Lipinski definition) is 5. The molecule has 0 saturated heterocycles. The van der Waals surface area contributed by atoms with E-state index in [-0.39, 0.29) is 11.9 Å². The summed E-state index contributed by atoms with van der Waals surface area (Å²) in [6.07, 6.45) is 0. The predicted octanol–water partition coefficient (Wildman–Crippen LogP) is 5.99. The van der Waals surface area contributed by atoms with Gasteiger partial charge in [-0.15, -0.1) is 0 Å². The van der Waals surface area contributed by atoms with Gasteiger partial charge in [0.1, 0.15) is 11.5 Å². The first-order chi connectivity index (χ1) is 14.0. The van der Waals surface area contributed by atoms with Crippen LogP contribution in [0.3, 0.4) is 0 Å². The van der Waals surface area contributed by atoms with Gasteiger partial charge < -0.3 is 9.47 Å². The van der Waals surface area contributed by atoms with Crippen molar-refractivity contribution in [3.05, 3.63) is 72.8 Å². The Hall–Kier alpha value is -3.31. The number of hydrogen-bond donors (Lipinski definition) is 0. The fourth-order valence-electron chi connectivity index (χ4n) is 3.23. The number of carbonyl (C=O) groups excluding carboxylic acids is 2. The second-order valence-electron chi connectivity index (χ2n) is 6.52. The molecule has 4 nitrogen and oxygen atoms in total. The lowest BCUT2D eigenvalue weighted by molar-refractivity contribution is -0.133. The lowest BCUT2D eigenvalue weighted by Gasteiger charge is -2.16. The molecular formula is C24H18O4S. The van der Waals surface area contributed by atoms with Gasteiger partial charge in [-0.05, 0) is 33.7 Å². The molecule has 0 aromatic heterocycles. The van der Waals surface area contributed by atoms with Gasteiger partial charge in [0.2, 0.25) is 0 Å². The zero-order chi connectivity index (χ0) is 20.4. The molecule has 4 rings (SSSR count). The summed E-state index contributed by atoms with van der Waals surface area (Å²) >= 11 is 1.43. The van der Waals surface area contributed by atoms with Crippen molar-refractivity contribution in [2.45, 2.75) is 23.6 Å². The number of esters is 2. The molecule has 0 aliphatic rings. The van der Waals surface area contributed by atoms with E-state index in [0.717, 1.165) is 31.3 Å². The van der Waals surface area contributed by atoms with Gasteiger partial charge in [0.15, 0.2) is 0 Å². The second-order valence-corrected chi connectivity index (χ2v) is 7.54.